The van der Waals surface area contributed by atoms with Crippen LogP contribution in [0.2, 0.25) is 0 Å². The first kappa shape index (κ1) is 23.5. The summed E-state index contributed by atoms with van der Waals surface area (Å²) < 4.78 is 33.3. The van der Waals surface area contributed by atoms with Gasteiger partial charge in [0.25, 0.3) is 0 Å². The first-order chi connectivity index (χ1) is 13.3. The van der Waals surface area contributed by atoms with Gasteiger partial charge in [-0.05, 0) is 62.8 Å². The number of hydrogen-bond acceptors (Lipinski definition) is 5. The quantitative estimate of drug-likeness (QED) is 0.678. The Labute approximate surface area is 174 Å². The van der Waals surface area contributed by atoms with Crippen LogP contribution in [0.25, 0.3) is 0 Å². The molecule has 1 saturated heterocycles. The molecule has 1 aromatic carbocycles. The molecule has 1 aromatic rings. The molecule has 0 spiro atoms. The number of ether oxygens (including phenoxy) is 1. The molecule has 7 heteroatoms. The molecule has 0 amide bonds. The van der Waals surface area contributed by atoms with Crippen molar-refractivity contribution in [2.45, 2.75) is 66.2 Å². The Morgan fingerprint density at radius 2 is 1.52 bits per heavy atom. The maximum Gasteiger partial charge on any atom is 0.309 e. The van der Waals surface area contributed by atoms with Gasteiger partial charge in [-0.2, -0.15) is 4.31 Å². The molecule has 2 rings (SSSR count). The number of carbonyl (C=O) groups excluding carboxylic acids is 2. The van der Waals surface area contributed by atoms with Crippen LogP contribution in [0.5, 0.6) is 0 Å². The fourth-order valence-corrected chi connectivity index (χ4v) is 5.55. The van der Waals surface area contributed by atoms with E-state index in [1.165, 1.54) is 4.31 Å². The van der Waals surface area contributed by atoms with Crippen molar-refractivity contribution in [2.75, 3.05) is 19.7 Å². The van der Waals surface area contributed by atoms with E-state index < -0.39 is 21.4 Å². The average molecular weight is 424 g/mol. The van der Waals surface area contributed by atoms with Gasteiger partial charge in [0.2, 0.25) is 10.0 Å². The molecule has 29 heavy (non-hydrogen) atoms. The number of benzene rings is 1. The first-order valence-electron chi connectivity index (χ1n) is 10.0. The van der Waals surface area contributed by atoms with Crippen molar-refractivity contribution in [1.82, 2.24) is 4.31 Å². The van der Waals surface area contributed by atoms with Gasteiger partial charge in [-0.15, -0.1) is 0 Å². The fraction of sp³-hybridized carbons (Fsp3) is 0.636. The van der Waals surface area contributed by atoms with E-state index in [0.29, 0.717) is 17.7 Å². The average Bonchev–Trinajstić information content (AvgIpc) is 2.63. The second-order valence-electron chi connectivity index (χ2n) is 9.05. The Bertz CT molecular complexity index is 878. The van der Waals surface area contributed by atoms with Gasteiger partial charge in [-0.3, -0.25) is 9.59 Å². The van der Waals surface area contributed by atoms with Gasteiger partial charge in [0.15, 0.2) is 12.4 Å². The van der Waals surface area contributed by atoms with Gasteiger partial charge in [-0.1, -0.05) is 26.8 Å². The van der Waals surface area contributed by atoms with Crippen molar-refractivity contribution in [2.24, 2.45) is 11.3 Å². The highest BCUT2D eigenvalue weighted by molar-refractivity contribution is 7.89. The summed E-state index contributed by atoms with van der Waals surface area (Å²) in [6, 6.07) is 2.00. The van der Waals surface area contributed by atoms with Gasteiger partial charge in [0, 0.05) is 18.5 Å². The van der Waals surface area contributed by atoms with Crippen LogP contribution >= 0.6 is 0 Å². The third-order valence-corrected chi connectivity index (χ3v) is 8.04. The molecule has 0 atom stereocenters. The van der Waals surface area contributed by atoms with Crippen molar-refractivity contribution >= 4 is 21.8 Å². The molecule has 0 aliphatic carbocycles. The zero-order valence-corrected chi connectivity index (χ0v) is 19.4. The lowest BCUT2D eigenvalue weighted by Gasteiger charge is -2.31. The van der Waals surface area contributed by atoms with E-state index in [1.54, 1.807) is 20.8 Å². The number of nitrogens with zero attached hydrogens (tertiary/aromatic N) is 1. The summed E-state index contributed by atoms with van der Waals surface area (Å²) in [6.45, 7) is 13.2. The molecule has 0 aromatic heterocycles. The maximum absolute atomic E-state index is 13.3. The van der Waals surface area contributed by atoms with Gasteiger partial charge in [0.1, 0.15) is 0 Å². The normalized spacial score (nSPS) is 16.7. The highest BCUT2D eigenvalue weighted by Gasteiger charge is 2.35. The molecule has 1 fully saturated rings. The van der Waals surface area contributed by atoms with Crippen molar-refractivity contribution in [3.05, 3.63) is 28.3 Å². The van der Waals surface area contributed by atoms with Crippen molar-refractivity contribution in [3.63, 3.8) is 0 Å². The molecular formula is C22H33NO5S. The lowest BCUT2D eigenvalue weighted by molar-refractivity contribution is -0.154. The molecule has 1 heterocycles. The van der Waals surface area contributed by atoms with E-state index in [-0.39, 0.29) is 31.4 Å². The summed E-state index contributed by atoms with van der Waals surface area (Å²) in [6.07, 6.45) is 0.787. The largest absolute Gasteiger partial charge is 0.457 e. The summed E-state index contributed by atoms with van der Waals surface area (Å²) >= 11 is 0. The molecule has 0 N–H and O–H groups in total. The van der Waals surface area contributed by atoms with Crippen LogP contribution in [0.15, 0.2) is 11.0 Å². The molecule has 1 aliphatic rings. The van der Waals surface area contributed by atoms with E-state index in [1.807, 2.05) is 33.8 Å². The number of piperidine rings is 1. The van der Waals surface area contributed by atoms with E-state index >= 15 is 0 Å². The molecular weight excluding hydrogens is 390 g/mol. The molecule has 1 aliphatic heterocycles. The first-order valence-corrected chi connectivity index (χ1v) is 11.5. The topological polar surface area (TPSA) is 80.8 Å². The third-order valence-electron chi connectivity index (χ3n) is 5.86. The van der Waals surface area contributed by atoms with Crippen molar-refractivity contribution < 1.29 is 22.7 Å². The van der Waals surface area contributed by atoms with Crippen LogP contribution in [-0.4, -0.2) is 44.2 Å². The zero-order valence-electron chi connectivity index (χ0n) is 18.6. The minimum absolute atomic E-state index is 0.133. The van der Waals surface area contributed by atoms with Crippen LogP contribution in [0.3, 0.4) is 0 Å². The SMILES string of the molecule is Cc1cc(C)c(C)c(S(=O)(=O)N2CCC(C(=O)OCC(=O)C(C)(C)C)CC2)c1C. The van der Waals surface area contributed by atoms with Gasteiger partial charge in [-0.25, -0.2) is 8.42 Å². The Balaban J connectivity index is 2.08. The second-order valence-corrected chi connectivity index (χ2v) is 10.9. The lowest BCUT2D eigenvalue weighted by Crippen LogP contribution is -2.41. The van der Waals surface area contributed by atoms with Gasteiger partial charge >= 0.3 is 5.97 Å². The fourth-order valence-electron chi connectivity index (χ4n) is 3.50. The summed E-state index contributed by atoms with van der Waals surface area (Å²) in [4.78, 5) is 24.6. The van der Waals surface area contributed by atoms with E-state index in [9.17, 15) is 18.0 Å². The van der Waals surface area contributed by atoms with Crippen LogP contribution in [0, 0.1) is 39.0 Å². The smallest absolute Gasteiger partial charge is 0.309 e. The number of sulfonamides is 1. The third kappa shape index (κ3) is 5.07. The lowest BCUT2D eigenvalue weighted by atomic mass is 9.91. The molecule has 0 unspecified atom stereocenters. The number of esters is 1. The summed E-state index contributed by atoms with van der Waals surface area (Å²) in [5.41, 5.74) is 2.90. The minimum Gasteiger partial charge on any atom is -0.457 e. The zero-order chi connectivity index (χ0) is 22.1. The number of rotatable bonds is 5. The number of Topliss-reactive ketones (excluding diaryl/α,β-unsaturated/α-hetero) is 1. The Kier molecular flexibility index (Phi) is 6.95. The molecule has 162 valence electrons. The standard InChI is InChI=1S/C22H33NO5S/c1-14-12-15(2)17(4)20(16(14)3)29(26,27)23-10-8-18(9-11-23)21(25)28-13-19(24)22(5,6)7/h12,18H,8-11,13H2,1-7H3. The van der Waals surface area contributed by atoms with Crippen LogP contribution in [0.1, 0.15) is 55.9 Å². The second kappa shape index (κ2) is 8.56. The van der Waals surface area contributed by atoms with Gasteiger partial charge in [0.05, 0.1) is 10.8 Å². The maximum atomic E-state index is 13.3. The summed E-state index contributed by atoms with van der Waals surface area (Å²) in [5, 5.41) is 0. The number of carbonyl (C=O) groups is 2. The molecule has 0 bridgehead atoms. The van der Waals surface area contributed by atoms with Crippen LogP contribution < -0.4 is 0 Å². The predicted molar refractivity (Wildman–Crippen MR) is 112 cm³/mol. The highest BCUT2D eigenvalue weighted by Crippen LogP contribution is 2.31. The number of ketones is 1. The predicted octanol–water partition coefficient (Wildman–Crippen LogP) is 3.48. The van der Waals surface area contributed by atoms with E-state index in [2.05, 4.69) is 0 Å². The summed E-state index contributed by atoms with van der Waals surface area (Å²) in [5.74, 6) is -0.930. The van der Waals surface area contributed by atoms with Gasteiger partial charge < -0.3 is 4.74 Å². The van der Waals surface area contributed by atoms with Crippen molar-refractivity contribution in [1.29, 1.82) is 0 Å². The number of hydrogen-bond donors (Lipinski definition) is 0. The van der Waals surface area contributed by atoms with E-state index in [4.69, 9.17) is 4.74 Å². The van der Waals surface area contributed by atoms with E-state index in [0.717, 1.165) is 22.3 Å². The minimum atomic E-state index is -3.64. The van der Waals surface area contributed by atoms with Crippen molar-refractivity contribution in [3.8, 4) is 0 Å². The van der Waals surface area contributed by atoms with Crippen LogP contribution in [-0.2, 0) is 24.3 Å². The summed E-state index contributed by atoms with van der Waals surface area (Å²) in [7, 11) is -3.64. The Hall–Kier alpha value is -1.73. The number of aryl methyl sites for hydroxylation is 2. The monoisotopic (exact) mass is 423 g/mol. The Morgan fingerprint density at radius 3 is 1.97 bits per heavy atom. The van der Waals surface area contributed by atoms with Crippen LogP contribution in [0.4, 0.5) is 0 Å². The molecule has 6 nitrogen and oxygen atoms in total. The molecule has 0 saturated carbocycles. The highest BCUT2D eigenvalue weighted by atomic mass is 32.2. The molecule has 0 radical (unpaired) electrons. The Morgan fingerprint density at radius 1 is 1.03 bits per heavy atom.